The lowest BCUT2D eigenvalue weighted by atomic mass is 10.0. The third kappa shape index (κ3) is 4.14. The van der Waals surface area contributed by atoms with Crippen LogP contribution < -0.4 is 5.30 Å². The molecule has 0 N–H and O–H groups in total. The smallest absolute Gasteiger partial charge is 0.214 e. The first-order valence-electron chi connectivity index (χ1n) is 7.98. The van der Waals surface area contributed by atoms with Gasteiger partial charge in [0.05, 0.1) is 11.4 Å². The Balaban J connectivity index is 1.77. The number of aromatic nitrogens is 4. The molecule has 25 heavy (non-hydrogen) atoms. The molecule has 3 rings (SSSR count). The van der Waals surface area contributed by atoms with Gasteiger partial charge < -0.3 is 0 Å². The lowest BCUT2D eigenvalue weighted by Gasteiger charge is -2.08. The zero-order valence-corrected chi connectivity index (χ0v) is 16.1. The van der Waals surface area contributed by atoms with Crippen molar-refractivity contribution in [2.45, 2.75) is 25.4 Å². The Morgan fingerprint density at radius 3 is 2.84 bits per heavy atom. The fourth-order valence-electron chi connectivity index (χ4n) is 2.58. The molecule has 1 aromatic heterocycles. The quantitative estimate of drug-likeness (QED) is 0.379. The topological polar surface area (TPSA) is 60.7 Å². The maximum atomic E-state index is 12.6. The molecule has 5 nitrogen and oxygen atoms in total. The Morgan fingerprint density at radius 2 is 2.08 bits per heavy atom. The van der Waals surface area contributed by atoms with E-state index in [1.807, 2.05) is 49.4 Å². The van der Waals surface area contributed by atoms with Crippen LogP contribution in [0.1, 0.15) is 28.4 Å². The standard InChI is InChI=1S/C18H19N4OPS/c1-3-13-10-15(24)7-8-16(13)17(23)11-25-18-19-20-21-22(18)14-6-4-5-12(2)9-14/h4-10H,3,11,24H2,1-2H3. The maximum absolute atomic E-state index is 12.6. The van der Waals surface area contributed by atoms with Crippen LogP contribution in [0.25, 0.3) is 5.69 Å². The number of rotatable bonds is 6. The lowest BCUT2D eigenvalue weighted by molar-refractivity contribution is 0.102. The van der Waals surface area contributed by atoms with Crippen LogP contribution in [-0.4, -0.2) is 31.7 Å². The maximum Gasteiger partial charge on any atom is 0.214 e. The molecule has 0 radical (unpaired) electrons. The summed E-state index contributed by atoms with van der Waals surface area (Å²) in [5.41, 5.74) is 3.86. The van der Waals surface area contributed by atoms with Crippen LogP contribution in [0.2, 0.25) is 0 Å². The van der Waals surface area contributed by atoms with E-state index < -0.39 is 0 Å². The van der Waals surface area contributed by atoms with Crippen LogP contribution in [-0.2, 0) is 6.42 Å². The van der Waals surface area contributed by atoms with Crippen LogP contribution in [0.15, 0.2) is 47.6 Å². The van der Waals surface area contributed by atoms with Gasteiger partial charge in [-0.1, -0.05) is 49.0 Å². The van der Waals surface area contributed by atoms with Gasteiger partial charge in [0.25, 0.3) is 0 Å². The summed E-state index contributed by atoms with van der Waals surface area (Å²) in [6, 6.07) is 13.8. The van der Waals surface area contributed by atoms with Crippen LogP contribution in [0.5, 0.6) is 0 Å². The number of nitrogens with zero attached hydrogens (tertiary/aromatic N) is 4. The summed E-state index contributed by atoms with van der Waals surface area (Å²) in [6.07, 6.45) is 0.828. The number of benzene rings is 2. The van der Waals surface area contributed by atoms with E-state index in [0.717, 1.165) is 34.1 Å². The molecule has 0 saturated carbocycles. The Hall–Kier alpha value is -2.04. The highest BCUT2D eigenvalue weighted by molar-refractivity contribution is 7.99. The SMILES string of the molecule is CCc1cc(P)ccc1C(=O)CSc1nnnn1-c1cccc(C)c1. The molecule has 1 unspecified atom stereocenters. The molecule has 0 bridgehead atoms. The molecule has 0 spiro atoms. The van der Waals surface area contributed by atoms with Gasteiger partial charge in [0.15, 0.2) is 5.78 Å². The molecule has 3 aromatic rings. The largest absolute Gasteiger partial charge is 0.293 e. The van der Waals surface area contributed by atoms with Crippen molar-refractivity contribution in [3.05, 3.63) is 59.2 Å². The third-order valence-corrected chi connectivity index (χ3v) is 5.11. The summed E-state index contributed by atoms with van der Waals surface area (Å²) in [6.45, 7) is 4.08. The molecule has 128 valence electrons. The number of carbonyl (C=O) groups is 1. The van der Waals surface area contributed by atoms with Crippen LogP contribution in [0.3, 0.4) is 0 Å². The Kier molecular flexibility index (Phi) is 5.61. The average molecular weight is 370 g/mol. The van der Waals surface area contributed by atoms with Gasteiger partial charge in [0.1, 0.15) is 0 Å². The van der Waals surface area contributed by atoms with E-state index in [-0.39, 0.29) is 5.78 Å². The number of ketones is 1. The minimum Gasteiger partial charge on any atom is -0.293 e. The highest BCUT2D eigenvalue weighted by atomic mass is 32.2. The second-order valence-electron chi connectivity index (χ2n) is 5.69. The number of Topliss-reactive ketones (excluding diaryl/α,β-unsaturated/α-hetero) is 1. The molecule has 0 saturated heterocycles. The second kappa shape index (κ2) is 7.89. The van der Waals surface area contributed by atoms with Gasteiger partial charge in [0.2, 0.25) is 5.16 Å². The molecule has 0 aliphatic carbocycles. The Bertz CT molecular complexity index is 910. The summed E-state index contributed by atoms with van der Waals surface area (Å²) in [7, 11) is 2.67. The van der Waals surface area contributed by atoms with Crippen molar-refractivity contribution in [2.75, 3.05) is 5.75 Å². The normalized spacial score (nSPS) is 10.8. The summed E-state index contributed by atoms with van der Waals surface area (Å²) in [4.78, 5) is 12.6. The van der Waals surface area contributed by atoms with Gasteiger partial charge in [0, 0.05) is 5.56 Å². The molecule has 1 heterocycles. The van der Waals surface area contributed by atoms with E-state index in [1.54, 1.807) is 4.68 Å². The average Bonchev–Trinajstić information content (AvgIpc) is 3.08. The van der Waals surface area contributed by atoms with Gasteiger partial charge in [-0.15, -0.1) is 14.3 Å². The number of tetrazole rings is 1. The second-order valence-corrected chi connectivity index (χ2v) is 7.30. The van der Waals surface area contributed by atoms with E-state index in [0.29, 0.717) is 10.9 Å². The minimum atomic E-state index is 0.0886. The molecule has 0 aliphatic rings. The molecule has 1 atom stereocenters. The molecular formula is C18H19N4OPS. The summed E-state index contributed by atoms with van der Waals surface area (Å²) in [5.74, 6) is 0.390. The van der Waals surface area contributed by atoms with Crippen molar-refractivity contribution in [3.63, 3.8) is 0 Å². The predicted molar refractivity (Wildman–Crippen MR) is 104 cm³/mol. The van der Waals surface area contributed by atoms with Crippen LogP contribution in [0, 0.1) is 6.92 Å². The van der Waals surface area contributed by atoms with E-state index in [1.165, 1.54) is 11.8 Å². The summed E-state index contributed by atoms with van der Waals surface area (Å²) >= 11 is 1.35. The van der Waals surface area contributed by atoms with Gasteiger partial charge in [-0.2, -0.15) is 4.68 Å². The molecule has 0 aliphatic heterocycles. The number of carbonyl (C=O) groups excluding carboxylic acids is 1. The zero-order valence-electron chi connectivity index (χ0n) is 14.1. The molecule has 2 aromatic carbocycles. The Labute approximate surface area is 153 Å². The molecule has 0 fully saturated rings. The third-order valence-electron chi connectivity index (χ3n) is 3.83. The van der Waals surface area contributed by atoms with Crippen molar-refractivity contribution in [3.8, 4) is 5.69 Å². The summed E-state index contributed by atoms with van der Waals surface area (Å²) in [5, 5.41) is 13.5. The predicted octanol–water partition coefficient (Wildman–Crippen LogP) is 3.01. The van der Waals surface area contributed by atoms with E-state index >= 15 is 0 Å². The number of hydrogen-bond acceptors (Lipinski definition) is 5. The van der Waals surface area contributed by atoms with Gasteiger partial charge in [-0.05, 0) is 52.3 Å². The first-order valence-corrected chi connectivity index (χ1v) is 9.54. The van der Waals surface area contributed by atoms with Crippen molar-refractivity contribution in [2.24, 2.45) is 0 Å². The van der Waals surface area contributed by atoms with Gasteiger partial charge in [-0.3, -0.25) is 4.79 Å². The highest BCUT2D eigenvalue weighted by Crippen LogP contribution is 2.21. The first kappa shape index (κ1) is 17.8. The van der Waals surface area contributed by atoms with Crippen LogP contribution in [0.4, 0.5) is 0 Å². The number of thioether (sulfide) groups is 1. The highest BCUT2D eigenvalue weighted by Gasteiger charge is 2.15. The van der Waals surface area contributed by atoms with Crippen molar-refractivity contribution in [1.82, 2.24) is 20.2 Å². The van der Waals surface area contributed by atoms with Gasteiger partial charge >= 0.3 is 0 Å². The van der Waals surface area contributed by atoms with E-state index in [4.69, 9.17) is 0 Å². The fourth-order valence-corrected chi connectivity index (χ4v) is 3.65. The van der Waals surface area contributed by atoms with E-state index in [2.05, 4.69) is 31.7 Å². The van der Waals surface area contributed by atoms with Crippen LogP contribution >= 0.6 is 21.0 Å². The first-order chi connectivity index (χ1) is 12.1. The van der Waals surface area contributed by atoms with Crippen molar-refractivity contribution >= 4 is 32.1 Å². The molecule has 0 amide bonds. The van der Waals surface area contributed by atoms with Crippen molar-refractivity contribution in [1.29, 1.82) is 0 Å². The number of hydrogen-bond donors (Lipinski definition) is 0. The molecular weight excluding hydrogens is 351 g/mol. The fraction of sp³-hybridized carbons (Fsp3) is 0.222. The lowest BCUT2D eigenvalue weighted by Crippen LogP contribution is -2.09. The number of aryl methyl sites for hydroxylation is 2. The van der Waals surface area contributed by atoms with Crippen molar-refractivity contribution < 1.29 is 4.79 Å². The Morgan fingerprint density at radius 1 is 1.24 bits per heavy atom. The monoisotopic (exact) mass is 370 g/mol. The zero-order chi connectivity index (χ0) is 17.8. The minimum absolute atomic E-state index is 0.0886. The summed E-state index contributed by atoms with van der Waals surface area (Å²) < 4.78 is 1.66. The van der Waals surface area contributed by atoms with E-state index in [9.17, 15) is 4.79 Å². The molecule has 7 heteroatoms. The van der Waals surface area contributed by atoms with Gasteiger partial charge in [-0.25, -0.2) is 0 Å².